The van der Waals surface area contributed by atoms with E-state index in [1.54, 1.807) is 38.1 Å². The zero-order valence-corrected chi connectivity index (χ0v) is 16.4. The van der Waals surface area contributed by atoms with Gasteiger partial charge in [-0.05, 0) is 63.2 Å². The average molecular weight is 396 g/mol. The van der Waals surface area contributed by atoms with E-state index in [4.69, 9.17) is 9.47 Å². The van der Waals surface area contributed by atoms with Gasteiger partial charge in [0.25, 0.3) is 0 Å². The lowest BCUT2D eigenvalue weighted by atomic mass is 10.1. The third-order valence-electron chi connectivity index (χ3n) is 4.42. The molecule has 0 aliphatic rings. The Bertz CT molecular complexity index is 1040. The summed E-state index contributed by atoms with van der Waals surface area (Å²) in [6, 6.07) is 10.9. The van der Waals surface area contributed by atoms with Crippen LogP contribution >= 0.6 is 0 Å². The summed E-state index contributed by atoms with van der Waals surface area (Å²) < 4.78 is 25.6. The van der Waals surface area contributed by atoms with E-state index in [2.05, 4.69) is 4.98 Å². The number of hydrogen-bond donors (Lipinski definition) is 0. The second-order valence-corrected chi connectivity index (χ2v) is 6.39. The normalized spacial score (nSPS) is 10.6. The number of halogens is 1. The van der Waals surface area contributed by atoms with Gasteiger partial charge >= 0.3 is 5.97 Å². The van der Waals surface area contributed by atoms with Gasteiger partial charge in [-0.25, -0.2) is 14.2 Å². The summed E-state index contributed by atoms with van der Waals surface area (Å²) in [7, 11) is 0. The van der Waals surface area contributed by atoms with Crippen molar-refractivity contribution in [3.05, 3.63) is 77.0 Å². The Hall–Kier alpha value is -3.48. The van der Waals surface area contributed by atoms with Crippen molar-refractivity contribution in [1.29, 1.82) is 0 Å². The van der Waals surface area contributed by atoms with Gasteiger partial charge in [0.2, 0.25) is 11.7 Å². The largest absolute Gasteiger partial charge is 0.477 e. The fourth-order valence-electron chi connectivity index (χ4n) is 3.12. The SMILES string of the molecule is CCOc1ncccc1C(=O)OCC(=O)c1cc(C)n(-c2ccc(F)cc2)c1C. The molecule has 0 amide bonds. The maximum absolute atomic E-state index is 13.2. The number of nitrogens with zero attached hydrogens (tertiary/aromatic N) is 2. The Morgan fingerprint density at radius 2 is 1.83 bits per heavy atom. The van der Waals surface area contributed by atoms with Gasteiger partial charge < -0.3 is 14.0 Å². The highest BCUT2D eigenvalue weighted by molar-refractivity contribution is 6.01. The quantitative estimate of drug-likeness (QED) is 0.445. The van der Waals surface area contributed by atoms with Crippen LogP contribution in [0.15, 0.2) is 48.7 Å². The molecular weight excluding hydrogens is 375 g/mol. The highest BCUT2D eigenvalue weighted by atomic mass is 19.1. The molecular formula is C22H21FN2O4. The van der Waals surface area contributed by atoms with E-state index in [9.17, 15) is 14.0 Å². The number of pyridine rings is 1. The number of esters is 1. The highest BCUT2D eigenvalue weighted by Crippen LogP contribution is 2.22. The minimum absolute atomic E-state index is 0.166. The monoisotopic (exact) mass is 396 g/mol. The van der Waals surface area contributed by atoms with Crippen LogP contribution in [0.4, 0.5) is 4.39 Å². The predicted octanol–water partition coefficient (Wildman–Crippen LogP) is 4.07. The summed E-state index contributed by atoms with van der Waals surface area (Å²) in [6.07, 6.45) is 1.51. The van der Waals surface area contributed by atoms with Crippen molar-refractivity contribution in [2.45, 2.75) is 20.8 Å². The van der Waals surface area contributed by atoms with Gasteiger partial charge in [0.1, 0.15) is 11.4 Å². The van der Waals surface area contributed by atoms with Crippen LogP contribution in [0.3, 0.4) is 0 Å². The maximum Gasteiger partial charge on any atom is 0.344 e. The number of carbonyl (C=O) groups excluding carboxylic acids is 2. The molecule has 0 atom stereocenters. The number of ketones is 1. The molecule has 2 heterocycles. The topological polar surface area (TPSA) is 70.4 Å². The lowest BCUT2D eigenvalue weighted by molar-refractivity contribution is 0.0470. The van der Waals surface area contributed by atoms with Gasteiger partial charge in [-0.1, -0.05) is 0 Å². The molecule has 0 N–H and O–H groups in total. The summed E-state index contributed by atoms with van der Waals surface area (Å²) in [6.45, 7) is 5.37. The molecule has 1 aromatic carbocycles. The minimum atomic E-state index is -0.678. The van der Waals surface area contributed by atoms with Crippen LogP contribution in [-0.2, 0) is 4.74 Å². The second kappa shape index (κ2) is 8.68. The Morgan fingerprint density at radius 3 is 2.52 bits per heavy atom. The van der Waals surface area contributed by atoms with Crippen molar-refractivity contribution in [2.24, 2.45) is 0 Å². The number of benzene rings is 1. The zero-order chi connectivity index (χ0) is 21.0. The molecule has 0 radical (unpaired) electrons. The second-order valence-electron chi connectivity index (χ2n) is 6.39. The number of ether oxygens (including phenoxy) is 2. The number of carbonyl (C=O) groups is 2. The third kappa shape index (κ3) is 4.34. The average Bonchev–Trinajstić information content (AvgIpc) is 3.01. The van der Waals surface area contributed by atoms with Crippen LogP contribution in [0.25, 0.3) is 5.69 Å². The standard InChI is InChI=1S/C22H21FN2O4/c1-4-28-21-18(6-5-11-24-21)22(27)29-13-20(26)19-12-14(2)25(15(19)3)17-9-7-16(23)8-10-17/h5-12H,4,13H2,1-3H3. The van der Waals surface area contributed by atoms with Crippen LogP contribution in [0.1, 0.15) is 39.0 Å². The maximum atomic E-state index is 13.2. The van der Waals surface area contributed by atoms with Crippen molar-refractivity contribution in [2.75, 3.05) is 13.2 Å². The molecule has 7 heteroatoms. The van der Waals surface area contributed by atoms with Gasteiger partial charge in [0.15, 0.2) is 6.61 Å². The lowest BCUT2D eigenvalue weighted by Crippen LogP contribution is -2.16. The van der Waals surface area contributed by atoms with Crippen molar-refractivity contribution in [3.8, 4) is 11.6 Å². The van der Waals surface area contributed by atoms with Crippen molar-refractivity contribution >= 4 is 11.8 Å². The first-order valence-electron chi connectivity index (χ1n) is 9.15. The molecule has 0 fully saturated rings. The Kier molecular flexibility index (Phi) is 6.07. The molecule has 0 saturated carbocycles. The number of rotatable bonds is 7. The molecule has 3 aromatic rings. The molecule has 3 rings (SSSR count). The summed E-state index contributed by atoms with van der Waals surface area (Å²) in [4.78, 5) is 29.0. The first-order chi connectivity index (χ1) is 13.9. The molecule has 2 aromatic heterocycles. The van der Waals surface area contributed by atoms with Crippen molar-refractivity contribution < 1.29 is 23.5 Å². The fraction of sp³-hybridized carbons (Fsp3) is 0.227. The van der Waals surface area contributed by atoms with E-state index in [1.807, 2.05) is 11.5 Å². The number of aromatic nitrogens is 2. The first-order valence-corrected chi connectivity index (χ1v) is 9.15. The Morgan fingerprint density at radius 1 is 1.10 bits per heavy atom. The predicted molar refractivity (Wildman–Crippen MR) is 105 cm³/mol. The molecule has 150 valence electrons. The van der Waals surface area contributed by atoms with Crippen LogP contribution in [0.2, 0.25) is 0 Å². The van der Waals surface area contributed by atoms with Gasteiger partial charge in [-0.3, -0.25) is 4.79 Å². The zero-order valence-electron chi connectivity index (χ0n) is 16.4. The Labute approximate surface area is 167 Å². The molecule has 0 spiro atoms. The molecule has 6 nitrogen and oxygen atoms in total. The third-order valence-corrected chi connectivity index (χ3v) is 4.42. The summed E-state index contributed by atoms with van der Waals surface area (Å²) >= 11 is 0. The van der Waals surface area contributed by atoms with Crippen molar-refractivity contribution in [1.82, 2.24) is 9.55 Å². The highest BCUT2D eigenvalue weighted by Gasteiger charge is 2.20. The number of aryl methyl sites for hydroxylation is 1. The van der Waals surface area contributed by atoms with E-state index >= 15 is 0 Å². The van der Waals surface area contributed by atoms with Crippen LogP contribution < -0.4 is 4.74 Å². The van der Waals surface area contributed by atoms with Crippen LogP contribution in [0, 0.1) is 19.7 Å². The number of hydrogen-bond acceptors (Lipinski definition) is 5. The van der Waals surface area contributed by atoms with Gasteiger partial charge in [0, 0.05) is 28.8 Å². The summed E-state index contributed by atoms with van der Waals surface area (Å²) in [5.74, 6) is -1.17. The van der Waals surface area contributed by atoms with E-state index in [0.29, 0.717) is 17.9 Å². The van der Waals surface area contributed by atoms with E-state index < -0.39 is 12.6 Å². The van der Waals surface area contributed by atoms with Gasteiger partial charge in [-0.2, -0.15) is 0 Å². The molecule has 0 aliphatic heterocycles. The van der Waals surface area contributed by atoms with Crippen LogP contribution in [-0.4, -0.2) is 34.5 Å². The van der Waals surface area contributed by atoms with E-state index in [1.165, 1.54) is 24.4 Å². The number of Topliss-reactive ketones (excluding diaryl/α,β-unsaturated/α-hetero) is 1. The molecule has 0 unspecified atom stereocenters. The molecule has 0 saturated heterocycles. The first kappa shape index (κ1) is 20.3. The van der Waals surface area contributed by atoms with Gasteiger partial charge in [0.05, 0.1) is 6.61 Å². The van der Waals surface area contributed by atoms with E-state index in [-0.39, 0.29) is 23.0 Å². The lowest BCUT2D eigenvalue weighted by Gasteiger charge is -2.10. The Balaban J connectivity index is 1.76. The van der Waals surface area contributed by atoms with Crippen LogP contribution in [0.5, 0.6) is 5.88 Å². The minimum Gasteiger partial charge on any atom is -0.477 e. The molecule has 29 heavy (non-hydrogen) atoms. The summed E-state index contributed by atoms with van der Waals surface area (Å²) in [5.41, 5.74) is 2.85. The van der Waals surface area contributed by atoms with E-state index in [0.717, 1.165) is 11.4 Å². The fourth-order valence-corrected chi connectivity index (χ4v) is 3.12. The molecule has 0 aliphatic carbocycles. The summed E-state index contributed by atoms with van der Waals surface area (Å²) in [5, 5.41) is 0. The van der Waals surface area contributed by atoms with Crippen molar-refractivity contribution in [3.63, 3.8) is 0 Å². The smallest absolute Gasteiger partial charge is 0.344 e. The molecule has 0 bridgehead atoms. The van der Waals surface area contributed by atoms with Gasteiger partial charge in [-0.15, -0.1) is 0 Å².